The molecule has 0 spiro atoms. The zero-order valence-electron chi connectivity index (χ0n) is 10.2. The maximum Gasteiger partial charge on any atom is 0.129 e. The second-order valence-corrected chi connectivity index (χ2v) is 5.08. The van der Waals surface area contributed by atoms with Crippen molar-refractivity contribution >= 4 is 11.6 Å². The highest BCUT2D eigenvalue weighted by Crippen LogP contribution is 2.25. The topological polar surface area (TPSA) is 41.5 Å². The van der Waals surface area contributed by atoms with Gasteiger partial charge in [-0.05, 0) is 19.1 Å². The third-order valence-corrected chi connectivity index (χ3v) is 3.81. The minimum Gasteiger partial charge on any atom is -0.386 e. The molecule has 1 aliphatic heterocycles. The Labute approximate surface area is 111 Å². The van der Waals surface area contributed by atoms with Crippen molar-refractivity contribution in [3.63, 3.8) is 0 Å². The van der Waals surface area contributed by atoms with Gasteiger partial charge in [0.05, 0.1) is 6.10 Å². The summed E-state index contributed by atoms with van der Waals surface area (Å²) in [5.41, 5.74) is -0.452. The molecule has 0 radical (unpaired) electrons. The van der Waals surface area contributed by atoms with Gasteiger partial charge in [0.15, 0.2) is 0 Å². The van der Waals surface area contributed by atoms with Gasteiger partial charge in [-0.1, -0.05) is 17.7 Å². The van der Waals surface area contributed by atoms with Gasteiger partial charge in [-0.15, -0.1) is 0 Å². The van der Waals surface area contributed by atoms with Crippen molar-refractivity contribution in [3.8, 4) is 0 Å². The standard InChI is InChI=1S/C13H17ClFNO2/c1-9-13(17,5-6-18-9)8-16-7-10-11(14)3-2-4-12(10)15/h2-4,9,16-17H,5-8H2,1H3. The van der Waals surface area contributed by atoms with Crippen molar-refractivity contribution in [2.45, 2.75) is 31.6 Å². The molecule has 0 bridgehead atoms. The molecule has 2 N–H and O–H groups in total. The number of rotatable bonds is 4. The van der Waals surface area contributed by atoms with E-state index in [1.165, 1.54) is 6.07 Å². The van der Waals surface area contributed by atoms with E-state index in [-0.39, 0.29) is 11.9 Å². The molecule has 0 amide bonds. The summed E-state index contributed by atoms with van der Waals surface area (Å²) in [5, 5.41) is 13.7. The van der Waals surface area contributed by atoms with Gasteiger partial charge in [0.25, 0.3) is 0 Å². The van der Waals surface area contributed by atoms with Crippen molar-refractivity contribution in [1.29, 1.82) is 0 Å². The van der Waals surface area contributed by atoms with Crippen LogP contribution in [0, 0.1) is 5.82 Å². The lowest BCUT2D eigenvalue weighted by molar-refractivity contribution is -0.0263. The molecular formula is C13H17ClFNO2. The first-order chi connectivity index (χ1) is 8.53. The fourth-order valence-corrected chi connectivity index (χ4v) is 2.34. The van der Waals surface area contributed by atoms with E-state index >= 15 is 0 Å². The second-order valence-electron chi connectivity index (χ2n) is 4.67. The predicted molar refractivity (Wildman–Crippen MR) is 68.1 cm³/mol. The van der Waals surface area contributed by atoms with Crippen LogP contribution in [0.4, 0.5) is 4.39 Å². The van der Waals surface area contributed by atoms with Gasteiger partial charge in [-0.2, -0.15) is 0 Å². The highest BCUT2D eigenvalue weighted by atomic mass is 35.5. The number of hydrogen-bond donors (Lipinski definition) is 2. The molecule has 0 aliphatic carbocycles. The Balaban J connectivity index is 1.93. The Morgan fingerprint density at radius 2 is 2.39 bits per heavy atom. The molecule has 0 aromatic heterocycles. The predicted octanol–water partition coefficient (Wildman–Crippen LogP) is 2.11. The number of ether oxygens (including phenoxy) is 1. The van der Waals surface area contributed by atoms with Crippen LogP contribution in [0.2, 0.25) is 5.02 Å². The number of benzene rings is 1. The average Bonchev–Trinajstić information content (AvgIpc) is 2.64. The summed E-state index contributed by atoms with van der Waals surface area (Å²) in [4.78, 5) is 0. The van der Waals surface area contributed by atoms with E-state index in [0.29, 0.717) is 36.7 Å². The SMILES string of the molecule is CC1OCCC1(O)CNCc1c(F)cccc1Cl. The van der Waals surface area contributed by atoms with Gasteiger partial charge in [0.2, 0.25) is 0 Å². The molecule has 18 heavy (non-hydrogen) atoms. The van der Waals surface area contributed by atoms with Gasteiger partial charge in [0.1, 0.15) is 11.4 Å². The number of hydrogen-bond acceptors (Lipinski definition) is 3. The average molecular weight is 274 g/mol. The van der Waals surface area contributed by atoms with Crippen molar-refractivity contribution in [1.82, 2.24) is 5.32 Å². The molecule has 100 valence electrons. The Bertz CT molecular complexity index is 409. The van der Waals surface area contributed by atoms with Crippen LogP contribution in [0.5, 0.6) is 0 Å². The van der Waals surface area contributed by atoms with Crippen LogP contribution in [-0.4, -0.2) is 30.0 Å². The van der Waals surface area contributed by atoms with Crippen LogP contribution in [0.15, 0.2) is 18.2 Å². The lowest BCUT2D eigenvalue weighted by Gasteiger charge is -2.26. The minimum absolute atomic E-state index is 0.207. The Kier molecular flexibility index (Phi) is 4.22. The van der Waals surface area contributed by atoms with E-state index in [1.54, 1.807) is 12.1 Å². The van der Waals surface area contributed by atoms with Crippen LogP contribution in [0.1, 0.15) is 18.9 Å². The van der Waals surface area contributed by atoms with Crippen LogP contribution in [0.25, 0.3) is 0 Å². The molecule has 3 nitrogen and oxygen atoms in total. The van der Waals surface area contributed by atoms with Crippen molar-refractivity contribution in [2.75, 3.05) is 13.2 Å². The molecular weight excluding hydrogens is 257 g/mol. The van der Waals surface area contributed by atoms with E-state index in [9.17, 15) is 9.50 Å². The van der Waals surface area contributed by atoms with E-state index in [4.69, 9.17) is 16.3 Å². The molecule has 1 aromatic rings. The van der Waals surface area contributed by atoms with E-state index in [1.807, 2.05) is 6.92 Å². The molecule has 2 unspecified atom stereocenters. The van der Waals surface area contributed by atoms with Crippen molar-refractivity contribution < 1.29 is 14.2 Å². The number of aliphatic hydroxyl groups is 1. The number of nitrogens with one attached hydrogen (secondary N) is 1. The summed E-state index contributed by atoms with van der Waals surface area (Å²) in [6.45, 7) is 3.05. The molecule has 0 saturated carbocycles. The van der Waals surface area contributed by atoms with Gasteiger partial charge in [-0.25, -0.2) is 4.39 Å². The molecule has 1 heterocycles. The largest absolute Gasteiger partial charge is 0.386 e. The van der Waals surface area contributed by atoms with Crippen LogP contribution in [0.3, 0.4) is 0 Å². The Hall–Kier alpha value is -0.680. The first-order valence-electron chi connectivity index (χ1n) is 6.00. The zero-order valence-corrected chi connectivity index (χ0v) is 11.0. The molecule has 1 aliphatic rings. The highest BCUT2D eigenvalue weighted by molar-refractivity contribution is 6.31. The summed E-state index contributed by atoms with van der Waals surface area (Å²) in [6.07, 6.45) is 0.382. The Morgan fingerprint density at radius 3 is 3.00 bits per heavy atom. The van der Waals surface area contributed by atoms with Gasteiger partial charge in [0, 0.05) is 36.7 Å². The fraction of sp³-hybridized carbons (Fsp3) is 0.538. The summed E-state index contributed by atoms with van der Waals surface area (Å²) < 4.78 is 18.8. The van der Waals surface area contributed by atoms with Crippen molar-refractivity contribution in [3.05, 3.63) is 34.6 Å². The van der Waals surface area contributed by atoms with Gasteiger partial charge < -0.3 is 15.2 Å². The first-order valence-corrected chi connectivity index (χ1v) is 6.38. The minimum atomic E-state index is -0.877. The molecule has 1 aromatic carbocycles. The first kappa shape index (κ1) is 13.7. The van der Waals surface area contributed by atoms with Gasteiger partial charge >= 0.3 is 0 Å². The fourth-order valence-electron chi connectivity index (χ4n) is 2.11. The van der Waals surface area contributed by atoms with Crippen LogP contribution >= 0.6 is 11.6 Å². The van der Waals surface area contributed by atoms with E-state index < -0.39 is 5.60 Å². The summed E-state index contributed by atoms with van der Waals surface area (Å²) in [7, 11) is 0. The van der Waals surface area contributed by atoms with E-state index in [0.717, 1.165) is 0 Å². The normalized spacial score (nSPS) is 27.7. The molecule has 1 saturated heterocycles. The third kappa shape index (κ3) is 2.83. The maximum atomic E-state index is 13.5. The maximum absolute atomic E-state index is 13.5. The van der Waals surface area contributed by atoms with E-state index in [2.05, 4.69) is 5.32 Å². The summed E-state index contributed by atoms with van der Waals surface area (Å²) >= 11 is 5.92. The lowest BCUT2D eigenvalue weighted by atomic mass is 9.96. The summed E-state index contributed by atoms with van der Waals surface area (Å²) in [6, 6.07) is 4.60. The van der Waals surface area contributed by atoms with Gasteiger partial charge in [-0.3, -0.25) is 0 Å². The molecule has 2 rings (SSSR count). The molecule has 5 heteroatoms. The lowest BCUT2D eigenvalue weighted by Crippen LogP contribution is -2.45. The van der Waals surface area contributed by atoms with Crippen LogP contribution in [-0.2, 0) is 11.3 Å². The molecule has 2 atom stereocenters. The highest BCUT2D eigenvalue weighted by Gasteiger charge is 2.38. The smallest absolute Gasteiger partial charge is 0.129 e. The molecule has 1 fully saturated rings. The second kappa shape index (κ2) is 5.53. The summed E-state index contributed by atoms with van der Waals surface area (Å²) in [5.74, 6) is -0.335. The van der Waals surface area contributed by atoms with Crippen molar-refractivity contribution in [2.24, 2.45) is 0 Å². The zero-order chi connectivity index (χ0) is 13.2. The third-order valence-electron chi connectivity index (χ3n) is 3.45. The van der Waals surface area contributed by atoms with Crippen LogP contribution < -0.4 is 5.32 Å². The number of halogens is 2. The monoisotopic (exact) mass is 273 g/mol. The Morgan fingerprint density at radius 1 is 1.61 bits per heavy atom. The quantitative estimate of drug-likeness (QED) is 0.883.